The first-order valence-corrected chi connectivity index (χ1v) is 10.7. The minimum absolute atomic E-state index is 0.0720. The van der Waals surface area contributed by atoms with Crippen molar-refractivity contribution in [3.05, 3.63) is 89.7 Å². The van der Waals surface area contributed by atoms with Gasteiger partial charge in [-0.2, -0.15) is 0 Å². The van der Waals surface area contributed by atoms with E-state index >= 15 is 0 Å². The van der Waals surface area contributed by atoms with E-state index in [1.165, 1.54) is 23.3 Å². The third-order valence-electron chi connectivity index (χ3n) is 6.64. The van der Waals surface area contributed by atoms with Crippen molar-refractivity contribution in [2.75, 3.05) is 7.05 Å². The Bertz CT molecular complexity index is 1140. The van der Waals surface area contributed by atoms with Crippen molar-refractivity contribution >= 4 is 11.9 Å². The van der Waals surface area contributed by atoms with Crippen LogP contribution in [0.15, 0.2) is 73.1 Å². The summed E-state index contributed by atoms with van der Waals surface area (Å²) in [4.78, 5) is 19.1. The molecule has 2 aromatic carbocycles. The Morgan fingerprint density at radius 1 is 1.03 bits per heavy atom. The van der Waals surface area contributed by atoms with Gasteiger partial charge in [0.05, 0.1) is 11.5 Å². The summed E-state index contributed by atoms with van der Waals surface area (Å²) in [6, 6.07) is 20.6. The molecule has 5 heteroatoms. The van der Waals surface area contributed by atoms with Crippen molar-refractivity contribution in [2.24, 2.45) is 0 Å². The zero-order chi connectivity index (χ0) is 21.6. The molecular weight excluding hydrogens is 384 g/mol. The van der Waals surface area contributed by atoms with Crippen molar-refractivity contribution in [2.45, 2.75) is 37.1 Å². The van der Waals surface area contributed by atoms with E-state index in [-0.39, 0.29) is 11.9 Å². The quantitative estimate of drug-likeness (QED) is 0.659. The van der Waals surface area contributed by atoms with Gasteiger partial charge in [-0.05, 0) is 65.6 Å². The van der Waals surface area contributed by atoms with E-state index in [0.29, 0.717) is 5.92 Å². The molecule has 2 atom stereocenters. The number of nitrogens with one attached hydrogen (secondary N) is 2. The van der Waals surface area contributed by atoms with Crippen LogP contribution in [0.1, 0.15) is 48.3 Å². The molecule has 1 aliphatic carbocycles. The van der Waals surface area contributed by atoms with Crippen molar-refractivity contribution in [1.29, 1.82) is 5.41 Å². The SMILES string of the molecule is CN1C(=N)N[C@](C)(c2cccc(-c3cccnc3)c2)[C@H](c2ccc(C3CC3)cc2)C1=O. The first-order chi connectivity index (χ1) is 15.0. The highest BCUT2D eigenvalue weighted by molar-refractivity contribution is 6.02. The number of hydrogen-bond donors (Lipinski definition) is 2. The van der Waals surface area contributed by atoms with Gasteiger partial charge in [0.1, 0.15) is 0 Å². The maximum absolute atomic E-state index is 13.4. The lowest BCUT2D eigenvalue weighted by molar-refractivity contribution is -0.131. The molecule has 5 nitrogen and oxygen atoms in total. The van der Waals surface area contributed by atoms with E-state index in [4.69, 9.17) is 5.41 Å². The Kier molecular flexibility index (Phi) is 4.62. The van der Waals surface area contributed by atoms with Gasteiger partial charge in [-0.1, -0.05) is 48.5 Å². The molecule has 0 spiro atoms. The number of aromatic nitrogens is 1. The number of rotatable bonds is 4. The molecule has 1 aliphatic heterocycles. The lowest BCUT2D eigenvalue weighted by Crippen LogP contribution is -2.62. The Balaban J connectivity index is 1.60. The molecule has 5 rings (SSSR count). The number of carbonyl (C=O) groups is 1. The van der Waals surface area contributed by atoms with Gasteiger partial charge in [-0.15, -0.1) is 0 Å². The van der Waals surface area contributed by atoms with Crippen LogP contribution < -0.4 is 5.32 Å². The van der Waals surface area contributed by atoms with E-state index in [0.717, 1.165) is 22.3 Å². The van der Waals surface area contributed by atoms with E-state index in [1.807, 2.05) is 43.5 Å². The fourth-order valence-corrected chi connectivity index (χ4v) is 4.60. The van der Waals surface area contributed by atoms with Crippen LogP contribution in [0.2, 0.25) is 0 Å². The van der Waals surface area contributed by atoms with Crippen LogP contribution in [-0.4, -0.2) is 28.8 Å². The second-order valence-electron chi connectivity index (χ2n) is 8.77. The highest BCUT2D eigenvalue weighted by Gasteiger charge is 2.48. The normalized spacial score (nSPS) is 23.5. The Labute approximate surface area is 182 Å². The van der Waals surface area contributed by atoms with Gasteiger partial charge in [0.2, 0.25) is 5.91 Å². The zero-order valence-electron chi connectivity index (χ0n) is 17.8. The summed E-state index contributed by atoms with van der Waals surface area (Å²) in [6.07, 6.45) is 6.10. The molecule has 156 valence electrons. The molecular formula is C26H26N4O. The molecule has 0 unspecified atom stereocenters. The van der Waals surface area contributed by atoms with Crippen LogP contribution in [0.5, 0.6) is 0 Å². The third kappa shape index (κ3) is 3.40. The smallest absolute Gasteiger partial charge is 0.239 e. The summed E-state index contributed by atoms with van der Waals surface area (Å²) in [5.41, 5.74) is 4.59. The maximum atomic E-state index is 13.4. The van der Waals surface area contributed by atoms with Crippen molar-refractivity contribution in [3.8, 4) is 11.1 Å². The Morgan fingerprint density at radius 3 is 2.42 bits per heavy atom. The van der Waals surface area contributed by atoms with Crippen LogP contribution in [0.3, 0.4) is 0 Å². The van der Waals surface area contributed by atoms with Gasteiger partial charge in [0.15, 0.2) is 5.96 Å². The number of benzene rings is 2. The molecule has 1 aromatic heterocycles. The highest BCUT2D eigenvalue weighted by Crippen LogP contribution is 2.44. The lowest BCUT2D eigenvalue weighted by Gasteiger charge is -2.46. The van der Waals surface area contributed by atoms with Crippen LogP contribution in [0.25, 0.3) is 11.1 Å². The lowest BCUT2D eigenvalue weighted by atomic mass is 9.73. The molecule has 2 N–H and O–H groups in total. The second-order valence-corrected chi connectivity index (χ2v) is 8.77. The van der Waals surface area contributed by atoms with Crippen molar-refractivity contribution in [1.82, 2.24) is 15.2 Å². The summed E-state index contributed by atoms with van der Waals surface area (Å²) in [6.45, 7) is 2.02. The molecule has 31 heavy (non-hydrogen) atoms. The monoisotopic (exact) mass is 410 g/mol. The maximum Gasteiger partial charge on any atom is 0.239 e. The standard InChI is InChI=1S/C26H26N4O/c1-26(22-7-3-5-20(15-22)21-6-4-14-28-16-21)23(24(31)30(2)25(27)29-26)19-12-10-18(11-13-19)17-8-9-17/h3-7,10-17,23H,8-9H2,1-2H3,(H2,27,29)/t23-,26-/m1/s1. The van der Waals surface area contributed by atoms with Gasteiger partial charge in [0.25, 0.3) is 0 Å². The van der Waals surface area contributed by atoms with E-state index in [2.05, 4.69) is 40.6 Å². The molecule has 0 bridgehead atoms. The number of pyridine rings is 1. The first kappa shape index (κ1) is 19.5. The Morgan fingerprint density at radius 2 is 1.74 bits per heavy atom. The van der Waals surface area contributed by atoms with E-state index < -0.39 is 11.5 Å². The first-order valence-electron chi connectivity index (χ1n) is 10.7. The molecule has 2 heterocycles. The molecule has 2 fully saturated rings. The number of carbonyl (C=O) groups excluding carboxylic acids is 1. The minimum Gasteiger partial charge on any atom is -0.346 e. The molecule has 1 saturated carbocycles. The number of amides is 1. The van der Waals surface area contributed by atoms with Gasteiger partial charge < -0.3 is 5.32 Å². The Hall–Kier alpha value is -3.47. The second kappa shape index (κ2) is 7.34. The van der Waals surface area contributed by atoms with Gasteiger partial charge in [-0.3, -0.25) is 20.1 Å². The molecule has 3 aromatic rings. The number of guanidine groups is 1. The predicted octanol–water partition coefficient (Wildman–Crippen LogP) is 4.62. The zero-order valence-corrected chi connectivity index (χ0v) is 17.8. The number of nitrogens with zero attached hydrogens (tertiary/aromatic N) is 2. The van der Waals surface area contributed by atoms with Crippen molar-refractivity contribution < 1.29 is 4.79 Å². The third-order valence-corrected chi connectivity index (χ3v) is 6.64. The molecule has 1 amide bonds. The van der Waals surface area contributed by atoms with Gasteiger partial charge in [-0.25, -0.2) is 0 Å². The van der Waals surface area contributed by atoms with Crippen LogP contribution in [-0.2, 0) is 10.3 Å². The largest absolute Gasteiger partial charge is 0.346 e. The van der Waals surface area contributed by atoms with Gasteiger partial charge in [0, 0.05) is 19.4 Å². The van der Waals surface area contributed by atoms with E-state index in [9.17, 15) is 4.79 Å². The molecule has 0 radical (unpaired) electrons. The average Bonchev–Trinajstić information content (AvgIpc) is 3.64. The molecule has 2 aliphatic rings. The summed E-state index contributed by atoms with van der Waals surface area (Å²) in [5, 5.41) is 11.7. The highest BCUT2D eigenvalue weighted by atomic mass is 16.2. The topological polar surface area (TPSA) is 69.1 Å². The average molecular weight is 411 g/mol. The summed E-state index contributed by atoms with van der Waals surface area (Å²) >= 11 is 0. The molecule has 1 saturated heterocycles. The number of likely N-dealkylation sites (N-methyl/N-ethyl adjacent to an activating group) is 1. The fourth-order valence-electron chi connectivity index (χ4n) is 4.60. The van der Waals surface area contributed by atoms with Crippen LogP contribution in [0, 0.1) is 5.41 Å². The van der Waals surface area contributed by atoms with Crippen LogP contribution in [0.4, 0.5) is 0 Å². The summed E-state index contributed by atoms with van der Waals surface area (Å²) in [5.74, 6) is 0.277. The minimum atomic E-state index is -0.750. The van der Waals surface area contributed by atoms with Gasteiger partial charge >= 0.3 is 0 Å². The van der Waals surface area contributed by atoms with E-state index in [1.54, 1.807) is 13.2 Å². The summed E-state index contributed by atoms with van der Waals surface area (Å²) in [7, 11) is 1.66. The predicted molar refractivity (Wildman–Crippen MR) is 122 cm³/mol. The van der Waals surface area contributed by atoms with Crippen LogP contribution >= 0.6 is 0 Å². The fraction of sp³-hybridized carbons (Fsp3) is 0.269. The number of hydrogen-bond acceptors (Lipinski definition) is 3. The van der Waals surface area contributed by atoms with Crippen molar-refractivity contribution in [3.63, 3.8) is 0 Å². The summed E-state index contributed by atoms with van der Waals surface area (Å²) < 4.78 is 0.